The molecule has 3 N–H and O–H groups in total. The molecule has 10 nitrogen and oxygen atoms in total. The molecule has 4 rings (SSSR count). The number of ketones is 1. The average Bonchev–Trinajstić information content (AvgIpc) is 3.49. The van der Waals surface area contributed by atoms with Crippen LogP contribution < -0.4 is 15.5 Å². The summed E-state index contributed by atoms with van der Waals surface area (Å²) in [7, 11) is 0. The van der Waals surface area contributed by atoms with Gasteiger partial charge in [0.1, 0.15) is 12.1 Å². The second-order valence-electron chi connectivity index (χ2n) is 12.2. The van der Waals surface area contributed by atoms with Crippen LogP contribution in [0.3, 0.4) is 0 Å². The van der Waals surface area contributed by atoms with Gasteiger partial charge in [-0.3, -0.25) is 19.2 Å². The van der Waals surface area contributed by atoms with Gasteiger partial charge in [0.2, 0.25) is 5.91 Å². The standard InChI is InChI=1S/C29H43N5O5/c1-19(9-11-31-27(38)20-5-7-21(8-6-20)32-15-12-30-13-16-32)17-24(36)33-14-10-22-25(33)23(35)18-34(22)28(39)26(37)29(2,3)4/h5-8,19,22,25-26,30,37H,9-18H2,1-4H3,(H,31,38). The number of nitrogens with zero attached hydrogens (tertiary/aromatic N) is 3. The molecule has 3 aliphatic heterocycles. The number of hydrogen-bond donors (Lipinski definition) is 3. The highest BCUT2D eigenvalue weighted by Crippen LogP contribution is 2.33. The first kappa shape index (κ1) is 29.0. The Morgan fingerprint density at radius 3 is 2.38 bits per heavy atom. The summed E-state index contributed by atoms with van der Waals surface area (Å²) in [5.74, 6) is -0.822. The molecule has 4 unspecified atom stereocenters. The predicted octanol–water partition coefficient (Wildman–Crippen LogP) is 1.03. The van der Waals surface area contributed by atoms with E-state index in [2.05, 4.69) is 15.5 Å². The topological polar surface area (TPSA) is 122 Å². The summed E-state index contributed by atoms with van der Waals surface area (Å²) in [6, 6.07) is 6.64. The number of piperazine rings is 1. The van der Waals surface area contributed by atoms with E-state index in [9.17, 15) is 24.3 Å². The van der Waals surface area contributed by atoms with E-state index in [1.165, 1.54) is 4.90 Å². The van der Waals surface area contributed by atoms with Gasteiger partial charge in [0.15, 0.2) is 5.78 Å². The van der Waals surface area contributed by atoms with Gasteiger partial charge in [-0.1, -0.05) is 27.7 Å². The van der Waals surface area contributed by atoms with Crippen molar-refractivity contribution in [2.75, 3.05) is 50.7 Å². The minimum atomic E-state index is -1.20. The molecule has 0 aromatic heterocycles. The summed E-state index contributed by atoms with van der Waals surface area (Å²) in [4.78, 5) is 56.8. The van der Waals surface area contributed by atoms with Crippen LogP contribution in [0.2, 0.25) is 0 Å². The van der Waals surface area contributed by atoms with E-state index in [-0.39, 0.29) is 42.5 Å². The van der Waals surface area contributed by atoms with Crippen molar-refractivity contribution in [3.63, 3.8) is 0 Å². The smallest absolute Gasteiger partial charge is 0.252 e. The Morgan fingerprint density at radius 2 is 1.74 bits per heavy atom. The van der Waals surface area contributed by atoms with Crippen molar-refractivity contribution >= 4 is 29.2 Å². The average molecular weight is 542 g/mol. The largest absolute Gasteiger partial charge is 0.383 e. The maximum atomic E-state index is 13.1. The van der Waals surface area contributed by atoms with Gasteiger partial charge in [-0.15, -0.1) is 0 Å². The molecule has 0 radical (unpaired) electrons. The number of aliphatic hydroxyl groups is 1. The number of carbonyl (C=O) groups is 4. The van der Waals surface area contributed by atoms with E-state index in [1.807, 2.05) is 31.2 Å². The molecule has 0 bridgehead atoms. The molecule has 0 saturated carbocycles. The minimum absolute atomic E-state index is 0.0175. The fourth-order valence-corrected chi connectivity index (χ4v) is 5.72. The second kappa shape index (κ2) is 12.0. The quantitative estimate of drug-likeness (QED) is 0.449. The fourth-order valence-electron chi connectivity index (χ4n) is 5.72. The van der Waals surface area contributed by atoms with Crippen molar-refractivity contribution in [2.45, 2.75) is 65.1 Å². The monoisotopic (exact) mass is 541 g/mol. The number of amides is 3. The van der Waals surface area contributed by atoms with Crippen LogP contribution in [0.1, 0.15) is 57.3 Å². The van der Waals surface area contributed by atoms with Crippen LogP contribution in [0.15, 0.2) is 24.3 Å². The number of fused-ring (bicyclic) bond motifs is 1. The van der Waals surface area contributed by atoms with Crippen molar-refractivity contribution < 1.29 is 24.3 Å². The molecular formula is C29H43N5O5. The Balaban J connectivity index is 1.23. The molecule has 4 atom stereocenters. The van der Waals surface area contributed by atoms with Crippen molar-refractivity contribution in [3.8, 4) is 0 Å². The maximum absolute atomic E-state index is 13.1. The van der Waals surface area contributed by atoms with Gasteiger partial charge in [-0.25, -0.2) is 0 Å². The highest BCUT2D eigenvalue weighted by Gasteiger charge is 2.52. The first-order valence-electron chi connectivity index (χ1n) is 14.1. The number of aliphatic hydroxyl groups excluding tert-OH is 1. The van der Waals surface area contributed by atoms with Crippen LogP contribution in [0.5, 0.6) is 0 Å². The van der Waals surface area contributed by atoms with E-state index < -0.39 is 23.5 Å². The van der Waals surface area contributed by atoms with Gasteiger partial charge >= 0.3 is 0 Å². The summed E-state index contributed by atoms with van der Waals surface area (Å²) < 4.78 is 0. The van der Waals surface area contributed by atoms with E-state index in [0.717, 1.165) is 31.9 Å². The van der Waals surface area contributed by atoms with Gasteiger partial charge in [0.25, 0.3) is 11.8 Å². The lowest BCUT2D eigenvalue weighted by Crippen LogP contribution is -2.48. The number of anilines is 1. The molecule has 3 amide bonds. The van der Waals surface area contributed by atoms with Crippen molar-refractivity contribution in [2.24, 2.45) is 11.3 Å². The van der Waals surface area contributed by atoms with E-state index in [4.69, 9.17) is 0 Å². The zero-order valence-corrected chi connectivity index (χ0v) is 23.6. The third kappa shape index (κ3) is 6.61. The molecule has 39 heavy (non-hydrogen) atoms. The van der Waals surface area contributed by atoms with Crippen LogP contribution in [-0.2, 0) is 14.4 Å². The van der Waals surface area contributed by atoms with Gasteiger partial charge in [0, 0.05) is 56.9 Å². The Bertz CT molecular complexity index is 1060. The zero-order chi connectivity index (χ0) is 28.3. The maximum Gasteiger partial charge on any atom is 0.252 e. The van der Waals surface area contributed by atoms with Gasteiger partial charge < -0.3 is 30.4 Å². The van der Waals surface area contributed by atoms with Gasteiger partial charge in [-0.05, 0) is 48.4 Å². The lowest BCUT2D eigenvalue weighted by atomic mass is 9.88. The van der Waals surface area contributed by atoms with Crippen LogP contribution >= 0.6 is 0 Å². The molecule has 214 valence electrons. The number of rotatable bonds is 8. The van der Waals surface area contributed by atoms with E-state index in [1.54, 1.807) is 25.7 Å². The van der Waals surface area contributed by atoms with Gasteiger partial charge in [-0.2, -0.15) is 0 Å². The SMILES string of the molecule is CC(CCNC(=O)c1ccc(N2CCNCC2)cc1)CC(=O)N1CCC2C1C(=O)CN2C(=O)C(O)C(C)(C)C. The number of nitrogens with one attached hydrogen (secondary N) is 2. The summed E-state index contributed by atoms with van der Waals surface area (Å²) >= 11 is 0. The number of hydrogen-bond acceptors (Lipinski definition) is 7. The third-order valence-corrected chi connectivity index (χ3v) is 8.14. The van der Waals surface area contributed by atoms with Crippen molar-refractivity contribution in [3.05, 3.63) is 29.8 Å². The van der Waals surface area contributed by atoms with E-state index in [0.29, 0.717) is 31.5 Å². The highest BCUT2D eigenvalue weighted by atomic mass is 16.3. The first-order chi connectivity index (χ1) is 18.5. The summed E-state index contributed by atoms with van der Waals surface area (Å²) in [6.07, 6.45) is 0.232. The van der Waals surface area contributed by atoms with Gasteiger partial charge in [0.05, 0.1) is 12.6 Å². The molecule has 1 aromatic rings. The second-order valence-corrected chi connectivity index (χ2v) is 12.2. The fraction of sp³-hybridized carbons (Fsp3) is 0.655. The summed E-state index contributed by atoms with van der Waals surface area (Å²) in [6.45, 7) is 11.9. The number of likely N-dealkylation sites (tertiary alicyclic amines) is 2. The molecule has 3 aliphatic rings. The number of benzene rings is 1. The number of carbonyl (C=O) groups excluding carboxylic acids is 4. The molecule has 3 heterocycles. The molecule has 0 spiro atoms. The Labute approximate surface area is 231 Å². The lowest BCUT2D eigenvalue weighted by Gasteiger charge is -2.31. The molecule has 10 heteroatoms. The predicted molar refractivity (Wildman–Crippen MR) is 148 cm³/mol. The Morgan fingerprint density at radius 1 is 1.08 bits per heavy atom. The van der Waals surface area contributed by atoms with Crippen molar-refractivity contribution in [1.82, 2.24) is 20.4 Å². The zero-order valence-electron chi connectivity index (χ0n) is 23.6. The molecular weight excluding hydrogens is 498 g/mol. The summed E-state index contributed by atoms with van der Waals surface area (Å²) in [5.41, 5.74) is 1.09. The van der Waals surface area contributed by atoms with Crippen LogP contribution in [0.4, 0.5) is 5.69 Å². The van der Waals surface area contributed by atoms with Crippen LogP contribution in [-0.4, -0.2) is 102 Å². The molecule has 3 fully saturated rings. The van der Waals surface area contributed by atoms with E-state index >= 15 is 0 Å². The van der Waals surface area contributed by atoms with Crippen LogP contribution in [0.25, 0.3) is 0 Å². The minimum Gasteiger partial charge on any atom is -0.383 e. The number of Topliss-reactive ketones (excluding diaryl/α,β-unsaturated/α-hetero) is 1. The lowest BCUT2D eigenvalue weighted by molar-refractivity contribution is -0.147. The first-order valence-corrected chi connectivity index (χ1v) is 14.1. The normalized spacial score (nSPS) is 23.0. The van der Waals surface area contributed by atoms with Crippen molar-refractivity contribution in [1.29, 1.82) is 0 Å². The van der Waals surface area contributed by atoms with Crippen LogP contribution in [0, 0.1) is 11.3 Å². The molecule has 1 aromatic carbocycles. The molecule has 0 aliphatic carbocycles. The Kier molecular flexibility index (Phi) is 8.96. The third-order valence-electron chi connectivity index (χ3n) is 8.14. The molecule has 3 saturated heterocycles. The summed E-state index contributed by atoms with van der Waals surface area (Å²) in [5, 5.41) is 16.7. The Hall–Kier alpha value is -2.98. The highest BCUT2D eigenvalue weighted by molar-refractivity contribution is 5.98.